The smallest absolute Gasteiger partial charge is 0.0368 e. The SMILES string of the molecule is CCCCN(CCCC)c1cccc(CC)c1. The van der Waals surface area contributed by atoms with Crippen LogP contribution < -0.4 is 4.90 Å². The van der Waals surface area contributed by atoms with Gasteiger partial charge in [0.15, 0.2) is 0 Å². The maximum Gasteiger partial charge on any atom is 0.0368 e. The normalized spacial score (nSPS) is 10.5. The third-order valence-corrected chi connectivity index (χ3v) is 3.25. The number of unbranched alkanes of at least 4 members (excludes halogenated alkanes) is 2. The van der Waals surface area contributed by atoms with Crippen LogP contribution in [0.4, 0.5) is 5.69 Å². The van der Waals surface area contributed by atoms with E-state index in [1.807, 2.05) is 0 Å². The van der Waals surface area contributed by atoms with Crippen molar-refractivity contribution in [3.63, 3.8) is 0 Å². The summed E-state index contributed by atoms with van der Waals surface area (Å²) in [6, 6.07) is 9.02. The second kappa shape index (κ2) is 8.16. The summed E-state index contributed by atoms with van der Waals surface area (Å²) < 4.78 is 0. The van der Waals surface area contributed by atoms with E-state index in [4.69, 9.17) is 0 Å². The Morgan fingerprint density at radius 1 is 0.941 bits per heavy atom. The van der Waals surface area contributed by atoms with E-state index in [0.29, 0.717) is 0 Å². The first kappa shape index (κ1) is 14.1. The fourth-order valence-corrected chi connectivity index (χ4v) is 2.04. The maximum absolute atomic E-state index is 2.55. The number of anilines is 1. The van der Waals surface area contributed by atoms with Gasteiger partial charge >= 0.3 is 0 Å². The molecule has 1 heteroatoms. The average Bonchev–Trinajstić information content (AvgIpc) is 2.39. The zero-order valence-electron chi connectivity index (χ0n) is 11.7. The van der Waals surface area contributed by atoms with E-state index in [2.05, 4.69) is 49.9 Å². The molecule has 0 N–H and O–H groups in total. The molecule has 1 nitrogen and oxygen atoms in total. The van der Waals surface area contributed by atoms with Gasteiger partial charge in [-0.05, 0) is 37.0 Å². The molecule has 17 heavy (non-hydrogen) atoms. The molecule has 0 saturated carbocycles. The Bertz CT molecular complexity index is 298. The van der Waals surface area contributed by atoms with Gasteiger partial charge in [0.05, 0.1) is 0 Å². The molecule has 0 atom stereocenters. The first-order chi connectivity index (χ1) is 8.31. The van der Waals surface area contributed by atoms with Crippen LogP contribution in [0.5, 0.6) is 0 Å². The van der Waals surface area contributed by atoms with E-state index in [1.165, 1.54) is 50.0 Å². The van der Waals surface area contributed by atoms with Gasteiger partial charge in [0.2, 0.25) is 0 Å². The largest absolute Gasteiger partial charge is 0.372 e. The van der Waals surface area contributed by atoms with E-state index in [-0.39, 0.29) is 0 Å². The van der Waals surface area contributed by atoms with Gasteiger partial charge in [0.25, 0.3) is 0 Å². The van der Waals surface area contributed by atoms with E-state index in [0.717, 1.165) is 6.42 Å². The van der Waals surface area contributed by atoms with Crippen LogP contribution in [-0.4, -0.2) is 13.1 Å². The van der Waals surface area contributed by atoms with Crippen LogP contribution in [0.1, 0.15) is 52.0 Å². The average molecular weight is 233 g/mol. The first-order valence-corrected chi connectivity index (χ1v) is 7.15. The van der Waals surface area contributed by atoms with Crippen LogP contribution in [0.3, 0.4) is 0 Å². The van der Waals surface area contributed by atoms with Gasteiger partial charge in [-0.2, -0.15) is 0 Å². The number of hydrogen-bond donors (Lipinski definition) is 0. The van der Waals surface area contributed by atoms with Crippen LogP contribution in [0.2, 0.25) is 0 Å². The minimum atomic E-state index is 1.13. The van der Waals surface area contributed by atoms with Crippen molar-refractivity contribution in [1.29, 1.82) is 0 Å². The molecular weight excluding hydrogens is 206 g/mol. The fraction of sp³-hybridized carbons (Fsp3) is 0.625. The molecule has 0 aliphatic rings. The van der Waals surface area contributed by atoms with Crippen LogP contribution in [-0.2, 0) is 6.42 Å². The summed E-state index contributed by atoms with van der Waals surface area (Å²) in [4.78, 5) is 2.55. The molecule has 0 aliphatic carbocycles. The molecule has 0 fully saturated rings. The van der Waals surface area contributed by atoms with Gasteiger partial charge in [-0.15, -0.1) is 0 Å². The highest BCUT2D eigenvalue weighted by atomic mass is 15.1. The Morgan fingerprint density at radius 2 is 1.59 bits per heavy atom. The molecule has 0 aliphatic heterocycles. The predicted octanol–water partition coefficient (Wildman–Crippen LogP) is 4.66. The molecule has 1 aromatic carbocycles. The standard InChI is InChI=1S/C16H27N/c1-4-7-12-17(13-8-5-2)16-11-9-10-15(6-3)14-16/h9-11,14H,4-8,12-13H2,1-3H3. The highest BCUT2D eigenvalue weighted by Gasteiger charge is 2.05. The maximum atomic E-state index is 2.55. The summed E-state index contributed by atoms with van der Waals surface area (Å²) >= 11 is 0. The highest BCUT2D eigenvalue weighted by molar-refractivity contribution is 5.48. The Balaban J connectivity index is 2.71. The van der Waals surface area contributed by atoms with Crippen LogP contribution in [0.15, 0.2) is 24.3 Å². The minimum Gasteiger partial charge on any atom is -0.372 e. The summed E-state index contributed by atoms with van der Waals surface area (Å²) in [7, 11) is 0. The summed E-state index contributed by atoms with van der Waals surface area (Å²) in [5.41, 5.74) is 2.85. The minimum absolute atomic E-state index is 1.13. The Kier molecular flexibility index (Phi) is 6.76. The van der Waals surface area contributed by atoms with Crippen molar-refractivity contribution < 1.29 is 0 Å². The van der Waals surface area contributed by atoms with Gasteiger partial charge in [0.1, 0.15) is 0 Å². The molecule has 0 unspecified atom stereocenters. The van der Waals surface area contributed by atoms with Gasteiger partial charge < -0.3 is 4.90 Å². The Hall–Kier alpha value is -0.980. The lowest BCUT2D eigenvalue weighted by atomic mass is 10.1. The van der Waals surface area contributed by atoms with Crippen molar-refractivity contribution in [3.8, 4) is 0 Å². The number of aryl methyl sites for hydroxylation is 1. The van der Waals surface area contributed by atoms with E-state index < -0.39 is 0 Å². The Morgan fingerprint density at radius 3 is 2.12 bits per heavy atom. The molecular formula is C16H27N. The summed E-state index contributed by atoms with van der Waals surface area (Å²) in [5.74, 6) is 0. The van der Waals surface area contributed by atoms with E-state index in [1.54, 1.807) is 0 Å². The highest BCUT2D eigenvalue weighted by Crippen LogP contribution is 2.18. The van der Waals surface area contributed by atoms with Crippen molar-refractivity contribution >= 4 is 5.69 Å². The third-order valence-electron chi connectivity index (χ3n) is 3.25. The van der Waals surface area contributed by atoms with Crippen LogP contribution in [0, 0.1) is 0 Å². The van der Waals surface area contributed by atoms with Crippen molar-refractivity contribution in [2.24, 2.45) is 0 Å². The quantitative estimate of drug-likeness (QED) is 0.631. The number of benzene rings is 1. The number of hydrogen-bond acceptors (Lipinski definition) is 1. The summed E-state index contributed by atoms with van der Waals surface area (Å²) in [6.07, 6.45) is 6.26. The third kappa shape index (κ3) is 4.80. The first-order valence-electron chi connectivity index (χ1n) is 7.15. The van der Waals surface area contributed by atoms with Crippen molar-refractivity contribution in [2.75, 3.05) is 18.0 Å². The second-order valence-corrected chi connectivity index (χ2v) is 4.72. The topological polar surface area (TPSA) is 3.24 Å². The molecule has 96 valence electrons. The van der Waals surface area contributed by atoms with Gasteiger partial charge in [-0.25, -0.2) is 0 Å². The predicted molar refractivity (Wildman–Crippen MR) is 77.8 cm³/mol. The van der Waals surface area contributed by atoms with E-state index in [9.17, 15) is 0 Å². The molecule has 0 saturated heterocycles. The molecule has 0 heterocycles. The van der Waals surface area contributed by atoms with Crippen molar-refractivity contribution in [2.45, 2.75) is 52.9 Å². The molecule has 0 bridgehead atoms. The molecule has 0 amide bonds. The molecule has 0 spiro atoms. The van der Waals surface area contributed by atoms with E-state index >= 15 is 0 Å². The molecule has 1 rings (SSSR count). The van der Waals surface area contributed by atoms with Gasteiger partial charge in [-0.3, -0.25) is 0 Å². The lowest BCUT2D eigenvalue weighted by Crippen LogP contribution is -2.25. The Labute approximate surface area is 107 Å². The lowest BCUT2D eigenvalue weighted by Gasteiger charge is -2.25. The van der Waals surface area contributed by atoms with Crippen molar-refractivity contribution in [1.82, 2.24) is 0 Å². The van der Waals surface area contributed by atoms with Crippen LogP contribution in [0.25, 0.3) is 0 Å². The number of rotatable bonds is 8. The molecule has 0 radical (unpaired) electrons. The second-order valence-electron chi connectivity index (χ2n) is 4.72. The zero-order valence-corrected chi connectivity index (χ0v) is 11.7. The number of nitrogens with zero attached hydrogens (tertiary/aromatic N) is 1. The van der Waals surface area contributed by atoms with Gasteiger partial charge in [0, 0.05) is 18.8 Å². The van der Waals surface area contributed by atoms with Gasteiger partial charge in [-0.1, -0.05) is 45.7 Å². The van der Waals surface area contributed by atoms with Crippen molar-refractivity contribution in [3.05, 3.63) is 29.8 Å². The summed E-state index contributed by atoms with van der Waals surface area (Å²) in [5, 5.41) is 0. The zero-order chi connectivity index (χ0) is 12.5. The van der Waals surface area contributed by atoms with Crippen LogP contribution >= 0.6 is 0 Å². The fourth-order valence-electron chi connectivity index (χ4n) is 2.04. The monoisotopic (exact) mass is 233 g/mol. The molecule has 0 aromatic heterocycles. The summed E-state index contributed by atoms with van der Waals surface area (Å²) in [6.45, 7) is 9.15. The lowest BCUT2D eigenvalue weighted by molar-refractivity contribution is 0.678. The molecule has 1 aromatic rings.